The SMILES string of the molecule is FC1C=CC(C(F)(F)F)CC1. The van der Waals surface area contributed by atoms with E-state index in [1.54, 1.807) is 0 Å². The molecule has 2 unspecified atom stereocenters. The second-order valence-electron chi connectivity index (χ2n) is 2.63. The van der Waals surface area contributed by atoms with Crippen molar-refractivity contribution in [3.63, 3.8) is 0 Å². The Morgan fingerprint density at radius 3 is 2.09 bits per heavy atom. The highest BCUT2D eigenvalue weighted by Gasteiger charge is 2.38. The summed E-state index contributed by atoms with van der Waals surface area (Å²) in [6.07, 6.45) is -3.62. The first-order chi connectivity index (χ1) is 5.00. The molecule has 1 rings (SSSR count). The van der Waals surface area contributed by atoms with Gasteiger partial charge in [-0.15, -0.1) is 0 Å². The molecule has 0 radical (unpaired) electrons. The summed E-state index contributed by atoms with van der Waals surface area (Å²) in [6.45, 7) is 0. The summed E-state index contributed by atoms with van der Waals surface area (Å²) in [7, 11) is 0. The lowest BCUT2D eigenvalue weighted by Gasteiger charge is -2.20. The fourth-order valence-corrected chi connectivity index (χ4v) is 1.06. The quantitative estimate of drug-likeness (QED) is 0.385. The van der Waals surface area contributed by atoms with Crippen molar-refractivity contribution in [2.24, 2.45) is 5.92 Å². The monoisotopic (exact) mass is 168 g/mol. The summed E-state index contributed by atoms with van der Waals surface area (Å²) in [5.41, 5.74) is 0. The lowest BCUT2D eigenvalue weighted by molar-refractivity contribution is -0.164. The smallest absolute Gasteiger partial charge is 0.243 e. The molecule has 0 bridgehead atoms. The highest BCUT2D eigenvalue weighted by molar-refractivity contribution is 5.00. The Balaban J connectivity index is 2.57. The van der Waals surface area contributed by atoms with Crippen LogP contribution in [-0.2, 0) is 0 Å². The van der Waals surface area contributed by atoms with Crippen LogP contribution in [0.2, 0.25) is 0 Å². The molecule has 0 fully saturated rings. The van der Waals surface area contributed by atoms with Gasteiger partial charge < -0.3 is 0 Å². The zero-order valence-electron chi connectivity index (χ0n) is 5.74. The molecule has 1 aliphatic carbocycles. The number of allylic oxidation sites excluding steroid dienone is 2. The van der Waals surface area contributed by atoms with Gasteiger partial charge in [0.2, 0.25) is 0 Å². The molecule has 0 heterocycles. The number of hydrogen-bond acceptors (Lipinski definition) is 0. The first-order valence-corrected chi connectivity index (χ1v) is 3.39. The Morgan fingerprint density at radius 2 is 1.73 bits per heavy atom. The Bertz CT molecular complexity index is 158. The van der Waals surface area contributed by atoms with Crippen LogP contribution < -0.4 is 0 Å². The van der Waals surface area contributed by atoms with Crippen LogP contribution >= 0.6 is 0 Å². The molecule has 64 valence electrons. The van der Waals surface area contributed by atoms with Crippen molar-refractivity contribution >= 4 is 0 Å². The van der Waals surface area contributed by atoms with Gasteiger partial charge in [-0.1, -0.05) is 12.2 Å². The minimum atomic E-state index is -4.20. The van der Waals surface area contributed by atoms with Crippen LogP contribution in [0.15, 0.2) is 12.2 Å². The minimum Gasteiger partial charge on any atom is -0.243 e. The molecule has 0 aromatic heterocycles. The Morgan fingerprint density at radius 1 is 1.09 bits per heavy atom. The summed E-state index contributed by atoms with van der Waals surface area (Å²) < 4.78 is 48.0. The van der Waals surface area contributed by atoms with Gasteiger partial charge in [-0.2, -0.15) is 13.2 Å². The summed E-state index contributed by atoms with van der Waals surface area (Å²) in [5.74, 6) is -1.44. The second kappa shape index (κ2) is 2.83. The molecule has 1 aliphatic rings. The predicted molar refractivity (Wildman–Crippen MR) is 32.8 cm³/mol. The van der Waals surface area contributed by atoms with E-state index in [1.807, 2.05) is 0 Å². The van der Waals surface area contributed by atoms with E-state index in [9.17, 15) is 17.6 Å². The molecule has 0 saturated heterocycles. The molecule has 4 heteroatoms. The molecule has 11 heavy (non-hydrogen) atoms. The van der Waals surface area contributed by atoms with E-state index < -0.39 is 18.3 Å². The third kappa shape index (κ3) is 2.20. The molecule has 0 saturated carbocycles. The molecule has 0 spiro atoms. The summed E-state index contributed by atoms with van der Waals surface area (Å²) in [6, 6.07) is 0. The lowest BCUT2D eigenvalue weighted by Crippen LogP contribution is -2.24. The maximum Gasteiger partial charge on any atom is 0.395 e. The van der Waals surface area contributed by atoms with Crippen LogP contribution in [0, 0.1) is 5.92 Å². The Kier molecular flexibility index (Phi) is 2.20. The van der Waals surface area contributed by atoms with Crippen molar-refractivity contribution in [3.05, 3.63) is 12.2 Å². The average molecular weight is 168 g/mol. The molecule has 0 nitrogen and oxygen atoms in total. The van der Waals surface area contributed by atoms with Crippen LogP contribution in [0.3, 0.4) is 0 Å². The molecule has 2 atom stereocenters. The van der Waals surface area contributed by atoms with Gasteiger partial charge in [-0.3, -0.25) is 0 Å². The van der Waals surface area contributed by atoms with Crippen molar-refractivity contribution in [1.82, 2.24) is 0 Å². The van der Waals surface area contributed by atoms with Crippen molar-refractivity contribution in [3.8, 4) is 0 Å². The largest absolute Gasteiger partial charge is 0.395 e. The predicted octanol–water partition coefficient (Wildman–Crippen LogP) is 2.85. The molecule has 0 N–H and O–H groups in total. The van der Waals surface area contributed by atoms with E-state index in [1.165, 1.54) is 0 Å². The summed E-state index contributed by atoms with van der Waals surface area (Å²) in [4.78, 5) is 0. The molecule has 0 aromatic carbocycles. The van der Waals surface area contributed by atoms with Crippen molar-refractivity contribution < 1.29 is 17.6 Å². The first kappa shape index (κ1) is 8.56. The van der Waals surface area contributed by atoms with E-state index >= 15 is 0 Å². The normalized spacial score (nSPS) is 32.4. The van der Waals surface area contributed by atoms with E-state index in [0.717, 1.165) is 12.2 Å². The van der Waals surface area contributed by atoms with Gasteiger partial charge in [-0.25, -0.2) is 4.39 Å². The van der Waals surface area contributed by atoms with Crippen molar-refractivity contribution in [2.45, 2.75) is 25.2 Å². The minimum absolute atomic E-state index is 0.0132. The molecule has 0 aliphatic heterocycles. The fourth-order valence-electron chi connectivity index (χ4n) is 1.06. The van der Waals surface area contributed by atoms with Crippen LogP contribution in [0.4, 0.5) is 17.6 Å². The number of hydrogen-bond donors (Lipinski definition) is 0. The van der Waals surface area contributed by atoms with Gasteiger partial charge in [-0.05, 0) is 12.8 Å². The third-order valence-electron chi connectivity index (χ3n) is 1.73. The maximum absolute atomic E-state index is 12.3. The maximum atomic E-state index is 12.3. The lowest BCUT2D eigenvalue weighted by atomic mass is 9.94. The van der Waals surface area contributed by atoms with Crippen LogP contribution in [-0.4, -0.2) is 12.3 Å². The van der Waals surface area contributed by atoms with E-state index in [0.29, 0.717) is 0 Å². The zero-order valence-corrected chi connectivity index (χ0v) is 5.74. The summed E-state index contributed by atoms with van der Waals surface area (Å²) in [5, 5.41) is 0. The molecular weight excluding hydrogens is 160 g/mol. The second-order valence-corrected chi connectivity index (χ2v) is 2.63. The Labute approximate surface area is 61.9 Å². The molecule has 0 amide bonds. The van der Waals surface area contributed by atoms with Gasteiger partial charge in [0.05, 0.1) is 5.92 Å². The van der Waals surface area contributed by atoms with Crippen LogP contribution in [0.5, 0.6) is 0 Å². The average Bonchev–Trinajstić information content (AvgIpc) is 1.86. The third-order valence-corrected chi connectivity index (χ3v) is 1.73. The highest BCUT2D eigenvalue weighted by Crippen LogP contribution is 2.34. The number of rotatable bonds is 0. The number of alkyl halides is 4. The topological polar surface area (TPSA) is 0 Å². The number of halogens is 4. The van der Waals surface area contributed by atoms with Gasteiger partial charge in [0.15, 0.2) is 0 Å². The first-order valence-electron chi connectivity index (χ1n) is 3.39. The van der Waals surface area contributed by atoms with Gasteiger partial charge in [0, 0.05) is 0 Å². The summed E-state index contributed by atoms with van der Waals surface area (Å²) >= 11 is 0. The molecule has 0 aromatic rings. The zero-order chi connectivity index (χ0) is 8.48. The van der Waals surface area contributed by atoms with Crippen molar-refractivity contribution in [1.29, 1.82) is 0 Å². The van der Waals surface area contributed by atoms with E-state index in [-0.39, 0.29) is 12.8 Å². The van der Waals surface area contributed by atoms with Crippen molar-refractivity contribution in [2.75, 3.05) is 0 Å². The standard InChI is InChI=1S/C7H8F4/c8-6-3-1-5(2-4-6)7(9,10)11/h1,3,5-6H,2,4H2. The van der Waals surface area contributed by atoms with E-state index in [4.69, 9.17) is 0 Å². The van der Waals surface area contributed by atoms with Crippen LogP contribution in [0.25, 0.3) is 0 Å². The van der Waals surface area contributed by atoms with E-state index in [2.05, 4.69) is 0 Å². The van der Waals surface area contributed by atoms with Crippen LogP contribution in [0.1, 0.15) is 12.8 Å². The van der Waals surface area contributed by atoms with Gasteiger partial charge in [0.1, 0.15) is 6.17 Å². The van der Waals surface area contributed by atoms with Gasteiger partial charge >= 0.3 is 6.18 Å². The molecular formula is C7H8F4. The highest BCUT2D eigenvalue weighted by atomic mass is 19.4. The fraction of sp³-hybridized carbons (Fsp3) is 0.714. The van der Waals surface area contributed by atoms with Gasteiger partial charge in [0.25, 0.3) is 0 Å². The Hall–Kier alpha value is -0.540.